The first-order valence-corrected chi connectivity index (χ1v) is 38.5. The summed E-state index contributed by atoms with van der Waals surface area (Å²) in [4.78, 5) is 38.5. The van der Waals surface area contributed by atoms with Gasteiger partial charge in [-0.05, 0) is 19.3 Å². The van der Waals surface area contributed by atoms with Crippen LogP contribution in [0.25, 0.3) is 0 Å². The summed E-state index contributed by atoms with van der Waals surface area (Å²) < 4.78 is 17.0. The van der Waals surface area contributed by atoms with Crippen molar-refractivity contribution in [2.75, 3.05) is 13.2 Å². The molecule has 0 aliphatic rings. The summed E-state index contributed by atoms with van der Waals surface area (Å²) >= 11 is 0. The molecule has 0 N–H and O–H groups in total. The molecule has 0 heterocycles. The van der Waals surface area contributed by atoms with Crippen molar-refractivity contribution >= 4 is 17.9 Å². The highest BCUT2D eigenvalue weighted by Gasteiger charge is 2.20. The average Bonchev–Trinajstić information content (AvgIpc) is 3.49. The van der Waals surface area contributed by atoms with Gasteiger partial charge in [-0.15, -0.1) is 0 Å². The number of esters is 3. The van der Waals surface area contributed by atoms with Crippen molar-refractivity contribution in [3.8, 4) is 0 Å². The Hall–Kier alpha value is -1.59. The van der Waals surface area contributed by atoms with Crippen LogP contribution in [0.5, 0.6) is 0 Å². The Bertz CT molecular complexity index is 1250. The van der Waals surface area contributed by atoms with Gasteiger partial charge >= 0.3 is 17.9 Å². The Labute approximate surface area is 520 Å². The standard InChI is InChI=1S/C77H150O6/c1-4-7-10-13-16-19-22-25-27-29-31-33-35-36-37-38-39-40-41-43-44-46-48-50-52-55-58-61-64-67-70-76(79)82-73-74(72-81-75(78)69-66-63-60-57-54-24-21-18-15-12-9-6-3)83-77(80)71-68-65-62-59-56-53-51-49-47-45-42-34-32-30-28-26-23-20-17-14-11-8-5-2/h74H,4-73H2,1-3H3. The van der Waals surface area contributed by atoms with E-state index in [-0.39, 0.29) is 31.1 Å². The molecular formula is C77H150O6. The van der Waals surface area contributed by atoms with Gasteiger partial charge in [0.05, 0.1) is 0 Å². The molecule has 0 aliphatic carbocycles. The SMILES string of the molecule is CCCCCCCCCCCCCCCCCCCCCCCCCCCCCCCCC(=O)OCC(COC(=O)CCCCCCCCCCCCCC)OC(=O)CCCCCCCCCCCCCCCCCCCCCCCCC. The Morgan fingerprint density at radius 3 is 0.482 bits per heavy atom. The van der Waals surface area contributed by atoms with Crippen molar-refractivity contribution in [2.24, 2.45) is 0 Å². The number of hydrogen-bond acceptors (Lipinski definition) is 6. The van der Waals surface area contributed by atoms with E-state index in [1.54, 1.807) is 0 Å². The summed E-state index contributed by atoms with van der Waals surface area (Å²) in [6, 6.07) is 0. The fourth-order valence-corrected chi connectivity index (χ4v) is 12.3. The highest BCUT2D eigenvalue weighted by Crippen LogP contribution is 2.20. The maximum atomic E-state index is 13.0. The van der Waals surface area contributed by atoms with Crippen LogP contribution >= 0.6 is 0 Å². The van der Waals surface area contributed by atoms with Gasteiger partial charge in [0.2, 0.25) is 0 Å². The molecule has 0 bridgehead atoms. The van der Waals surface area contributed by atoms with Crippen molar-refractivity contribution in [1.82, 2.24) is 0 Å². The minimum atomic E-state index is -0.764. The highest BCUT2D eigenvalue weighted by atomic mass is 16.6. The van der Waals surface area contributed by atoms with E-state index in [1.807, 2.05) is 0 Å². The summed E-state index contributed by atoms with van der Waals surface area (Å²) in [5, 5.41) is 0. The van der Waals surface area contributed by atoms with Gasteiger partial charge in [0.1, 0.15) is 13.2 Å². The lowest BCUT2D eigenvalue weighted by Gasteiger charge is -2.18. The maximum absolute atomic E-state index is 13.0. The van der Waals surface area contributed by atoms with Gasteiger partial charge in [-0.2, -0.15) is 0 Å². The van der Waals surface area contributed by atoms with Crippen LogP contribution in [-0.4, -0.2) is 37.2 Å². The molecule has 0 fully saturated rings. The number of hydrogen-bond donors (Lipinski definition) is 0. The normalized spacial score (nSPS) is 11.9. The first kappa shape index (κ1) is 81.4. The zero-order valence-corrected chi connectivity index (χ0v) is 57.0. The van der Waals surface area contributed by atoms with Crippen LogP contribution in [-0.2, 0) is 28.6 Å². The Morgan fingerprint density at radius 1 is 0.193 bits per heavy atom. The zero-order chi connectivity index (χ0) is 59.9. The summed E-state index contributed by atoms with van der Waals surface area (Å²) in [5.74, 6) is -0.818. The molecule has 0 amide bonds. The molecule has 0 rings (SSSR count). The van der Waals surface area contributed by atoms with E-state index in [4.69, 9.17) is 14.2 Å². The van der Waals surface area contributed by atoms with E-state index in [0.717, 1.165) is 57.8 Å². The van der Waals surface area contributed by atoms with E-state index in [9.17, 15) is 14.4 Å². The van der Waals surface area contributed by atoms with Crippen molar-refractivity contribution < 1.29 is 28.6 Å². The molecule has 6 nitrogen and oxygen atoms in total. The van der Waals surface area contributed by atoms with Gasteiger partial charge in [-0.3, -0.25) is 14.4 Å². The molecule has 0 saturated carbocycles. The van der Waals surface area contributed by atoms with Gasteiger partial charge in [-0.1, -0.05) is 419 Å². The van der Waals surface area contributed by atoms with Crippen LogP contribution in [0.3, 0.4) is 0 Å². The van der Waals surface area contributed by atoms with Crippen LogP contribution in [0, 0.1) is 0 Å². The van der Waals surface area contributed by atoms with E-state index >= 15 is 0 Å². The van der Waals surface area contributed by atoms with Gasteiger partial charge < -0.3 is 14.2 Å². The molecule has 0 aromatic heterocycles. The molecule has 494 valence electrons. The van der Waals surface area contributed by atoms with Crippen LogP contribution in [0.2, 0.25) is 0 Å². The lowest BCUT2D eigenvalue weighted by molar-refractivity contribution is -0.167. The van der Waals surface area contributed by atoms with Crippen LogP contribution in [0.15, 0.2) is 0 Å². The van der Waals surface area contributed by atoms with Gasteiger partial charge in [-0.25, -0.2) is 0 Å². The van der Waals surface area contributed by atoms with Crippen molar-refractivity contribution in [1.29, 1.82) is 0 Å². The average molecular weight is 1170 g/mol. The smallest absolute Gasteiger partial charge is 0.306 e. The molecule has 0 aromatic rings. The molecule has 83 heavy (non-hydrogen) atoms. The second-order valence-electron chi connectivity index (χ2n) is 26.6. The predicted molar refractivity (Wildman–Crippen MR) is 363 cm³/mol. The Morgan fingerprint density at radius 2 is 0.325 bits per heavy atom. The fraction of sp³-hybridized carbons (Fsp3) is 0.961. The second-order valence-corrected chi connectivity index (χ2v) is 26.6. The molecule has 0 saturated heterocycles. The van der Waals surface area contributed by atoms with E-state index in [1.165, 1.54) is 360 Å². The van der Waals surface area contributed by atoms with Gasteiger partial charge in [0, 0.05) is 19.3 Å². The summed E-state index contributed by atoms with van der Waals surface area (Å²) in [7, 11) is 0. The predicted octanol–water partition coefficient (Wildman–Crippen LogP) is 26.6. The first-order valence-electron chi connectivity index (χ1n) is 38.5. The van der Waals surface area contributed by atoms with Gasteiger partial charge in [0.25, 0.3) is 0 Å². The van der Waals surface area contributed by atoms with E-state index < -0.39 is 6.10 Å². The third kappa shape index (κ3) is 71.1. The largest absolute Gasteiger partial charge is 0.462 e. The molecular weight excluding hydrogens is 1020 g/mol. The van der Waals surface area contributed by atoms with Crippen molar-refractivity contribution in [2.45, 2.75) is 463 Å². The van der Waals surface area contributed by atoms with Crippen molar-refractivity contribution in [3.05, 3.63) is 0 Å². The molecule has 1 unspecified atom stereocenters. The molecule has 0 aliphatic heterocycles. The quantitative estimate of drug-likeness (QED) is 0.0343. The monoisotopic (exact) mass is 1170 g/mol. The zero-order valence-electron chi connectivity index (χ0n) is 57.0. The summed E-state index contributed by atoms with van der Waals surface area (Å²) in [6.45, 7) is 6.75. The molecule has 0 aromatic carbocycles. The number of ether oxygens (including phenoxy) is 3. The number of unbranched alkanes of at least 4 members (excludes halogenated alkanes) is 62. The fourth-order valence-electron chi connectivity index (χ4n) is 12.3. The minimum absolute atomic E-state index is 0.0601. The first-order chi connectivity index (χ1) is 41.0. The lowest BCUT2D eigenvalue weighted by atomic mass is 10.0. The Balaban J connectivity index is 4.10. The topological polar surface area (TPSA) is 78.9 Å². The van der Waals surface area contributed by atoms with E-state index in [2.05, 4.69) is 20.8 Å². The molecule has 0 radical (unpaired) electrons. The number of rotatable bonds is 73. The lowest BCUT2D eigenvalue weighted by Crippen LogP contribution is -2.30. The highest BCUT2D eigenvalue weighted by molar-refractivity contribution is 5.71. The second kappa shape index (κ2) is 72.9. The summed E-state index contributed by atoms with van der Waals surface area (Å²) in [6.07, 6.45) is 87.4. The Kier molecular flexibility index (Phi) is 71.5. The van der Waals surface area contributed by atoms with Crippen LogP contribution < -0.4 is 0 Å². The number of carbonyl (C=O) groups excluding carboxylic acids is 3. The van der Waals surface area contributed by atoms with Crippen LogP contribution in [0.1, 0.15) is 457 Å². The third-order valence-electron chi connectivity index (χ3n) is 18.1. The number of carbonyl (C=O) groups is 3. The molecule has 1 atom stereocenters. The third-order valence-corrected chi connectivity index (χ3v) is 18.1. The van der Waals surface area contributed by atoms with Crippen molar-refractivity contribution in [3.63, 3.8) is 0 Å². The van der Waals surface area contributed by atoms with E-state index in [0.29, 0.717) is 19.3 Å². The van der Waals surface area contributed by atoms with Gasteiger partial charge in [0.15, 0.2) is 6.10 Å². The minimum Gasteiger partial charge on any atom is -0.462 e. The maximum Gasteiger partial charge on any atom is 0.306 e. The molecule has 0 spiro atoms. The molecule has 6 heteroatoms. The van der Waals surface area contributed by atoms with Crippen LogP contribution in [0.4, 0.5) is 0 Å². The summed E-state index contributed by atoms with van der Waals surface area (Å²) in [5.41, 5.74) is 0.